The van der Waals surface area contributed by atoms with Gasteiger partial charge in [-0.2, -0.15) is 0 Å². The predicted octanol–water partition coefficient (Wildman–Crippen LogP) is 2.96. The number of carbonyl (C=O) groups is 1. The van der Waals surface area contributed by atoms with Gasteiger partial charge in [0.05, 0.1) is 0 Å². The van der Waals surface area contributed by atoms with Crippen molar-refractivity contribution in [2.24, 2.45) is 0 Å². The smallest absolute Gasteiger partial charge is 0.272 e. The van der Waals surface area contributed by atoms with Crippen molar-refractivity contribution in [3.63, 3.8) is 0 Å². The van der Waals surface area contributed by atoms with Crippen LogP contribution in [-0.4, -0.2) is 36.2 Å². The van der Waals surface area contributed by atoms with Crippen LogP contribution in [0.5, 0.6) is 0 Å². The Morgan fingerprint density at radius 2 is 1.75 bits per heavy atom. The van der Waals surface area contributed by atoms with E-state index in [1.165, 1.54) is 12.8 Å². The molecule has 0 bridgehead atoms. The summed E-state index contributed by atoms with van der Waals surface area (Å²) in [5, 5.41) is 14.3. The summed E-state index contributed by atoms with van der Waals surface area (Å²) in [4.78, 5) is 14.2. The van der Waals surface area contributed by atoms with E-state index >= 15 is 0 Å². The molecule has 1 aromatic heterocycles. The van der Waals surface area contributed by atoms with Crippen LogP contribution in [0.3, 0.4) is 0 Å². The zero-order chi connectivity index (χ0) is 16.9. The first-order chi connectivity index (χ1) is 11.6. The molecule has 6 heteroatoms. The van der Waals surface area contributed by atoms with Crippen LogP contribution in [0.1, 0.15) is 36.2 Å². The molecule has 1 amide bonds. The van der Waals surface area contributed by atoms with Gasteiger partial charge in [0.2, 0.25) is 0 Å². The molecule has 0 aliphatic heterocycles. The first kappa shape index (κ1) is 16.2. The third-order valence-electron chi connectivity index (χ3n) is 4.24. The summed E-state index contributed by atoms with van der Waals surface area (Å²) in [6.45, 7) is 0. The van der Waals surface area contributed by atoms with Crippen LogP contribution in [0.4, 0.5) is 17.2 Å². The molecule has 0 atom stereocenters. The number of hydrogen-bond acceptors (Lipinski definition) is 5. The van der Waals surface area contributed by atoms with Gasteiger partial charge in [-0.1, -0.05) is 12.8 Å². The van der Waals surface area contributed by atoms with Crippen molar-refractivity contribution >= 4 is 23.1 Å². The summed E-state index contributed by atoms with van der Waals surface area (Å²) in [5.41, 5.74) is 2.42. The highest BCUT2D eigenvalue weighted by molar-refractivity contribution is 5.92. The lowest BCUT2D eigenvalue weighted by Gasteiger charge is -2.13. The molecule has 126 valence electrons. The summed E-state index contributed by atoms with van der Waals surface area (Å²) in [6, 6.07) is 11.8. The van der Waals surface area contributed by atoms with Gasteiger partial charge in [-0.25, -0.2) is 0 Å². The maximum atomic E-state index is 12.1. The maximum absolute atomic E-state index is 12.1. The van der Waals surface area contributed by atoms with Crippen LogP contribution in [0.15, 0.2) is 36.4 Å². The van der Waals surface area contributed by atoms with Gasteiger partial charge in [-0.3, -0.25) is 4.79 Å². The zero-order valence-corrected chi connectivity index (χ0v) is 14.1. The second-order valence-electron chi connectivity index (χ2n) is 6.32. The molecule has 3 rings (SSSR count). The number of carbonyl (C=O) groups excluding carboxylic acids is 1. The topological polar surface area (TPSA) is 70.2 Å². The Morgan fingerprint density at radius 3 is 2.33 bits per heavy atom. The molecule has 0 radical (unpaired) electrons. The van der Waals surface area contributed by atoms with E-state index in [9.17, 15) is 4.79 Å². The van der Waals surface area contributed by atoms with Gasteiger partial charge in [-0.15, -0.1) is 10.2 Å². The first-order valence-corrected chi connectivity index (χ1v) is 8.31. The quantitative estimate of drug-likeness (QED) is 0.884. The number of nitrogens with one attached hydrogen (secondary N) is 2. The van der Waals surface area contributed by atoms with E-state index in [0.29, 0.717) is 11.5 Å². The van der Waals surface area contributed by atoms with Gasteiger partial charge in [0, 0.05) is 31.5 Å². The summed E-state index contributed by atoms with van der Waals surface area (Å²) in [7, 11) is 4.01. The molecule has 2 aromatic rings. The van der Waals surface area contributed by atoms with Crippen molar-refractivity contribution in [1.29, 1.82) is 0 Å². The largest absolute Gasteiger partial charge is 0.378 e. The molecule has 1 fully saturated rings. The van der Waals surface area contributed by atoms with E-state index in [0.717, 1.165) is 24.2 Å². The number of benzene rings is 1. The molecule has 1 saturated carbocycles. The molecule has 1 heterocycles. The molecule has 0 saturated heterocycles. The summed E-state index contributed by atoms with van der Waals surface area (Å²) in [6.07, 6.45) is 4.49. The normalized spacial score (nSPS) is 14.4. The molecule has 0 unspecified atom stereocenters. The highest BCUT2D eigenvalue weighted by Gasteiger charge is 2.18. The van der Waals surface area contributed by atoms with Gasteiger partial charge in [0.1, 0.15) is 0 Å². The molecule has 6 nitrogen and oxygen atoms in total. The highest BCUT2D eigenvalue weighted by atomic mass is 16.2. The average Bonchev–Trinajstić information content (AvgIpc) is 3.09. The monoisotopic (exact) mass is 325 g/mol. The Hall–Kier alpha value is -2.63. The van der Waals surface area contributed by atoms with Gasteiger partial charge in [-0.05, 0) is 49.2 Å². The Bertz CT molecular complexity index is 676. The number of hydrogen-bond donors (Lipinski definition) is 2. The fourth-order valence-corrected chi connectivity index (χ4v) is 2.84. The average molecular weight is 325 g/mol. The highest BCUT2D eigenvalue weighted by Crippen LogP contribution is 2.19. The molecule has 1 aliphatic rings. The van der Waals surface area contributed by atoms with E-state index in [1.807, 2.05) is 43.3 Å². The van der Waals surface area contributed by atoms with E-state index in [4.69, 9.17) is 0 Å². The third-order valence-corrected chi connectivity index (χ3v) is 4.24. The standard InChI is InChI=1S/C18H23N5O/c1-23(2)15-9-7-14(8-10-15)19-17-12-11-16(21-22-17)18(24)20-13-5-3-4-6-13/h7-13H,3-6H2,1-2H3,(H,19,22)(H,20,24). The van der Waals surface area contributed by atoms with Crippen molar-refractivity contribution < 1.29 is 4.79 Å². The van der Waals surface area contributed by atoms with E-state index < -0.39 is 0 Å². The van der Waals surface area contributed by atoms with Crippen molar-refractivity contribution in [3.05, 3.63) is 42.1 Å². The Kier molecular flexibility index (Phi) is 4.93. The number of rotatable bonds is 5. The second kappa shape index (κ2) is 7.29. The Balaban J connectivity index is 1.60. The SMILES string of the molecule is CN(C)c1ccc(Nc2ccc(C(=O)NC3CCCC3)nn2)cc1. The van der Waals surface area contributed by atoms with Gasteiger partial charge < -0.3 is 15.5 Å². The van der Waals surface area contributed by atoms with Crippen LogP contribution >= 0.6 is 0 Å². The molecular formula is C18H23N5O. The van der Waals surface area contributed by atoms with Crippen LogP contribution in [0, 0.1) is 0 Å². The molecule has 24 heavy (non-hydrogen) atoms. The van der Waals surface area contributed by atoms with E-state index in [2.05, 4.69) is 20.8 Å². The minimum atomic E-state index is -0.142. The summed E-state index contributed by atoms with van der Waals surface area (Å²) >= 11 is 0. The number of aromatic nitrogens is 2. The zero-order valence-electron chi connectivity index (χ0n) is 14.1. The van der Waals surface area contributed by atoms with Crippen LogP contribution in [0.25, 0.3) is 0 Å². The minimum Gasteiger partial charge on any atom is -0.378 e. The fraction of sp³-hybridized carbons (Fsp3) is 0.389. The lowest BCUT2D eigenvalue weighted by molar-refractivity contribution is 0.0932. The lowest BCUT2D eigenvalue weighted by atomic mass is 10.2. The Morgan fingerprint density at radius 1 is 1.04 bits per heavy atom. The predicted molar refractivity (Wildman–Crippen MR) is 95.8 cm³/mol. The minimum absolute atomic E-state index is 0.142. The molecular weight excluding hydrogens is 302 g/mol. The summed E-state index contributed by atoms with van der Waals surface area (Å²) < 4.78 is 0. The van der Waals surface area contributed by atoms with Crippen molar-refractivity contribution in [3.8, 4) is 0 Å². The first-order valence-electron chi connectivity index (χ1n) is 8.31. The van der Waals surface area contributed by atoms with Gasteiger partial charge in [0.25, 0.3) is 5.91 Å². The molecule has 1 aliphatic carbocycles. The third kappa shape index (κ3) is 4.01. The van der Waals surface area contributed by atoms with Crippen LogP contribution in [-0.2, 0) is 0 Å². The number of anilines is 3. The summed E-state index contributed by atoms with van der Waals surface area (Å²) in [5.74, 6) is 0.473. The Labute approximate surface area is 142 Å². The fourth-order valence-electron chi connectivity index (χ4n) is 2.84. The molecule has 0 spiro atoms. The molecule has 1 aromatic carbocycles. The van der Waals surface area contributed by atoms with E-state index in [-0.39, 0.29) is 11.9 Å². The second-order valence-corrected chi connectivity index (χ2v) is 6.32. The number of nitrogens with zero attached hydrogens (tertiary/aromatic N) is 3. The van der Waals surface area contributed by atoms with Crippen molar-refractivity contribution in [2.45, 2.75) is 31.7 Å². The van der Waals surface area contributed by atoms with Crippen molar-refractivity contribution in [2.75, 3.05) is 24.3 Å². The number of amides is 1. The molecule has 2 N–H and O–H groups in total. The van der Waals surface area contributed by atoms with E-state index in [1.54, 1.807) is 12.1 Å². The van der Waals surface area contributed by atoms with Crippen molar-refractivity contribution in [1.82, 2.24) is 15.5 Å². The van der Waals surface area contributed by atoms with Crippen LogP contribution < -0.4 is 15.5 Å². The van der Waals surface area contributed by atoms with Gasteiger partial charge in [0.15, 0.2) is 11.5 Å². The van der Waals surface area contributed by atoms with Crippen LogP contribution in [0.2, 0.25) is 0 Å². The van der Waals surface area contributed by atoms with Gasteiger partial charge >= 0.3 is 0 Å². The lowest BCUT2D eigenvalue weighted by Crippen LogP contribution is -2.33. The maximum Gasteiger partial charge on any atom is 0.272 e.